The summed E-state index contributed by atoms with van der Waals surface area (Å²) in [7, 11) is -3.64. The largest absolute Gasteiger partial charge is 0.340 e. The van der Waals surface area contributed by atoms with E-state index in [1.165, 1.54) is 11.8 Å². The fourth-order valence-electron chi connectivity index (χ4n) is 3.03. The predicted octanol–water partition coefficient (Wildman–Crippen LogP) is 4.86. The molecule has 3 rings (SSSR count). The standard InChI is InChI=1S/C21H23N3O2S/c1-14-6-5-7-19(12-14)27(25,26)24-18-8-9-20(22-13-18)23-21-16(3)10-15(2)11-17(21)4/h5-13,24H,1-4H3,(H,22,23). The van der Waals surface area contributed by atoms with Crippen molar-refractivity contribution in [2.75, 3.05) is 10.0 Å². The van der Waals surface area contributed by atoms with Gasteiger partial charge in [-0.15, -0.1) is 0 Å². The van der Waals surface area contributed by atoms with Gasteiger partial charge in [0.05, 0.1) is 16.8 Å². The number of nitrogens with one attached hydrogen (secondary N) is 2. The summed E-state index contributed by atoms with van der Waals surface area (Å²) in [6.45, 7) is 8.02. The Labute approximate surface area is 160 Å². The van der Waals surface area contributed by atoms with E-state index in [2.05, 4.69) is 34.1 Å². The quantitative estimate of drug-likeness (QED) is 0.662. The lowest BCUT2D eigenvalue weighted by molar-refractivity contribution is 0.601. The normalized spacial score (nSPS) is 11.3. The average molecular weight is 382 g/mol. The molecule has 0 amide bonds. The molecular formula is C21H23N3O2S. The van der Waals surface area contributed by atoms with Gasteiger partial charge >= 0.3 is 0 Å². The highest BCUT2D eigenvalue weighted by atomic mass is 32.2. The topological polar surface area (TPSA) is 71.1 Å². The average Bonchev–Trinajstić information content (AvgIpc) is 2.59. The Morgan fingerprint density at radius 2 is 1.56 bits per heavy atom. The third-order valence-corrected chi connectivity index (χ3v) is 5.62. The van der Waals surface area contributed by atoms with Gasteiger partial charge < -0.3 is 5.32 Å². The van der Waals surface area contributed by atoms with Crippen LogP contribution in [0.25, 0.3) is 0 Å². The summed E-state index contributed by atoms with van der Waals surface area (Å²) >= 11 is 0. The third-order valence-electron chi connectivity index (χ3n) is 4.25. The van der Waals surface area contributed by atoms with Crippen LogP contribution in [0.4, 0.5) is 17.2 Å². The number of nitrogens with zero attached hydrogens (tertiary/aromatic N) is 1. The molecule has 1 heterocycles. The maximum atomic E-state index is 12.5. The van der Waals surface area contributed by atoms with Crippen LogP contribution in [-0.4, -0.2) is 13.4 Å². The molecule has 6 heteroatoms. The fraction of sp³-hybridized carbons (Fsp3) is 0.190. The molecule has 0 aliphatic carbocycles. The Morgan fingerprint density at radius 3 is 2.15 bits per heavy atom. The Bertz CT molecular complexity index is 1050. The van der Waals surface area contributed by atoms with Crippen molar-refractivity contribution in [3.05, 3.63) is 77.0 Å². The van der Waals surface area contributed by atoms with Crippen LogP contribution in [0.15, 0.2) is 59.6 Å². The Kier molecular flexibility index (Phi) is 5.19. The molecule has 0 saturated heterocycles. The monoisotopic (exact) mass is 381 g/mol. The zero-order valence-electron chi connectivity index (χ0n) is 15.9. The SMILES string of the molecule is Cc1cccc(S(=O)(=O)Nc2ccc(Nc3c(C)cc(C)cc3C)nc2)c1. The van der Waals surface area contributed by atoms with Crippen LogP contribution in [0.1, 0.15) is 22.3 Å². The number of benzene rings is 2. The highest BCUT2D eigenvalue weighted by Gasteiger charge is 2.14. The van der Waals surface area contributed by atoms with Gasteiger partial charge in [0.2, 0.25) is 0 Å². The van der Waals surface area contributed by atoms with Gasteiger partial charge in [0, 0.05) is 5.69 Å². The highest BCUT2D eigenvalue weighted by Crippen LogP contribution is 2.26. The van der Waals surface area contributed by atoms with E-state index in [-0.39, 0.29) is 4.90 Å². The van der Waals surface area contributed by atoms with E-state index in [0.717, 1.165) is 22.4 Å². The fourth-order valence-corrected chi connectivity index (χ4v) is 4.18. The number of hydrogen-bond donors (Lipinski definition) is 2. The number of aryl methyl sites for hydroxylation is 4. The molecular weight excluding hydrogens is 358 g/mol. The van der Waals surface area contributed by atoms with Crippen molar-refractivity contribution in [2.45, 2.75) is 32.6 Å². The first-order chi connectivity index (χ1) is 12.7. The number of hydrogen-bond acceptors (Lipinski definition) is 4. The molecule has 0 spiro atoms. The second-order valence-electron chi connectivity index (χ2n) is 6.75. The van der Waals surface area contributed by atoms with Gasteiger partial charge in [-0.25, -0.2) is 13.4 Å². The van der Waals surface area contributed by atoms with Crippen molar-refractivity contribution in [2.24, 2.45) is 0 Å². The summed E-state index contributed by atoms with van der Waals surface area (Å²) in [5, 5.41) is 3.31. The molecule has 0 atom stereocenters. The van der Waals surface area contributed by atoms with Crippen molar-refractivity contribution in [3.63, 3.8) is 0 Å². The molecule has 1 aromatic heterocycles. The Hall–Kier alpha value is -2.86. The second kappa shape index (κ2) is 7.40. The zero-order chi connectivity index (χ0) is 19.6. The number of pyridine rings is 1. The summed E-state index contributed by atoms with van der Waals surface area (Å²) in [6, 6.07) is 14.5. The summed E-state index contributed by atoms with van der Waals surface area (Å²) in [6.07, 6.45) is 1.51. The van der Waals surface area contributed by atoms with Crippen LogP contribution < -0.4 is 10.0 Å². The predicted molar refractivity (Wildman–Crippen MR) is 110 cm³/mol. The van der Waals surface area contributed by atoms with Crippen LogP contribution in [-0.2, 0) is 10.0 Å². The number of rotatable bonds is 5. The number of aromatic nitrogens is 1. The first-order valence-corrected chi connectivity index (χ1v) is 10.1. The molecule has 0 bridgehead atoms. The van der Waals surface area contributed by atoms with Crippen molar-refractivity contribution in [1.29, 1.82) is 0 Å². The van der Waals surface area contributed by atoms with E-state index in [4.69, 9.17) is 0 Å². The van der Waals surface area contributed by atoms with Crippen LogP contribution in [0.5, 0.6) is 0 Å². The van der Waals surface area contributed by atoms with Crippen LogP contribution >= 0.6 is 0 Å². The maximum absolute atomic E-state index is 12.5. The summed E-state index contributed by atoms with van der Waals surface area (Å²) in [4.78, 5) is 4.57. The van der Waals surface area contributed by atoms with Crippen molar-refractivity contribution in [3.8, 4) is 0 Å². The van der Waals surface area contributed by atoms with Gasteiger partial charge in [-0.1, -0.05) is 29.8 Å². The van der Waals surface area contributed by atoms with Gasteiger partial charge in [-0.3, -0.25) is 4.72 Å². The maximum Gasteiger partial charge on any atom is 0.261 e. The Morgan fingerprint density at radius 1 is 0.852 bits per heavy atom. The molecule has 5 nitrogen and oxygen atoms in total. The highest BCUT2D eigenvalue weighted by molar-refractivity contribution is 7.92. The van der Waals surface area contributed by atoms with Crippen molar-refractivity contribution in [1.82, 2.24) is 4.98 Å². The van der Waals surface area contributed by atoms with Gasteiger partial charge in [-0.2, -0.15) is 0 Å². The van der Waals surface area contributed by atoms with Crippen molar-refractivity contribution < 1.29 is 8.42 Å². The first-order valence-electron chi connectivity index (χ1n) is 8.65. The minimum absolute atomic E-state index is 0.232. The lowest BCUT2D eigenvalue weighted by atomic mass is 10.1. The Balaban J connectivity index is 1.78. The van der Waals surface area contributed by atoms with E-state index in [1.807, 2.05) is 26.8 Å². The molecule has 0 unspecified atom stereocenters. The van der Waals surface area contributed by atoms with Crippen LogP contribution in [0.2, 0.25) is 0 Å². The van der Waals surface area contributed by atoms with Crippen LogP contribution in [0.3, 0.4) is 0 Å². The van der Waals surface area contributed by atoms with E-state index in [1.54, 1.807) is 30.3 Å². The molecule has 27 heavy (non-hydrogen) atoms. The summed E-state index contributed by atoms with van der Waals surface area (Å²) in [5.74, 6) is 0.656. The van der Waals surface area contributed by atoms with Gasteiger partial charge in [-0.05, 0) is 68.7 Å². The number of sulfonamides is 1. The zero-order valence-corrected chi connectivity index (χ0v) is 16.7. The molecule has 0 radical (unpaired) electrons. The minimum atomic E-state index is -3.64. The molecule has 0 saturated carbocycles. The molecule has 0 aliphatic rings. The molecule has 2 N–H and O–H groups in total. The van der Waals surface area contributed by atoms with Gasteiger partial charge in [0.25, 0.3) is 10.0 Å². The molecule has 3 aromatic rings. The third kappa shape index (κ3) is 4.46. The van der Waals surface area contributed by atoms with E-state index < -0.39 is 10.0 Å². The van der Waals surface area contributed by atoms with E-state index in [9.17, 15) is 8.42 Å². The lowest BCUT2D eigenvalue weighted by Crippen LogP contribution is -2.13. The van der Waals surface area contributed by atoms with Crippen molar-refractivity contribution >= 4 is 27.2 Å². The van der Waals surface area contributed by atoms with E-state index in [0.29, 0.717) is 11.5 Å². The minimum Gasteiger partial charge on any atom is -0.340 e. The molecule has 140 valence electrons. The number of anilines is 3. The molecule has 2 aromatic carbocycles. The van der Waals surface area contributed by atoms with Gasteiger partial charge in [0.15, 0.2) is 0 Å². The molecule has 0 fully saturated rings. The lowest BCUT2D eigenvalue weighted by Gasteiger charge is -2.14. The summed E-state index contributed by atoms with van der Waals surface area (Å²) in [5.41, 5.74) is 5.81. The van der Waals surface area contributed by atoms with Gasteiger partial charge in [0.1, 0.15) is 5.82 Å². The van der Waals surface area contributed by atoms with Crippen LogP contribution in [0, 0.1) is 27.7 Å². The smallest absolute Gasteiger partial charge is 0.261 e. The second-order valence-corrected chi connectivity index (χ2v) is 8.44. The van der Waals surface area contributed by atoms with E-state index >= 15 is 0 Å². The summed E-state index contributed by atoms with van der Waals surface area (Å²) < 4.78 is 27.6. The molecule has 0 aliphatic heterocycles. The first kappa shape index (κ1) is 18.9.